The van der Waals surface area contributed by atoms with Crippen molar-refractivity contribution in [2.24, 2.45) is 0 Å². The van der Waals surface area contributed by atoms with Gasteiger partial charge in [0.1, 0.15) is 5.75 Å². The molecule has 0 saturated heterocycles. The summed E-state index contributed by atoms with van der Waals surface area (Å²) in [5, 5.41) is 0. The van der Waals surface area contributed by atoms with Crippen molar-refractivity contribution in [1.29, 1.82) is 0 Å². The van der Waals surface area contributed by atoms with Crippen molar-refractivity contribution in [2.45, 2.75) is 26.4 Å². The molecule has 0 fully saturated rings. The summed E-state index contributed by atoms with van der Waals surface area (Å²) in [6, 6.07) is 25.3. The van der Waals surface area contributed by atoms with Crippen molar-refractivity contribution in [1.82, 2.24) is 0 Å². The van der Waals surface area contributed by atoms with Crippen LogP contribution in [0.5, 0.6) is 5.75 Å². The number of hydrogen-bond acceptors (Lipinski definition) is 3. The zero-order valence-corrected chi connectivity index (χ0v) is 18.6. The van der Waals surface area contributed by atoms with Gasteiger partial charge in [0.2, 0.25) is 0 Å². The molecular formula is C29H30O3. The lowest BCUT2D eigenvalue weighted by Crippen LogP contribution is -2.01. The van der Waals surface area contributed by atoms with Crippen LogP contribution in [-0.4, -0.2) is 19.0 Å². The fourth-order valence-electron chi connectivity index (χ4n) is 3.12. The number of benzene rings is 3. The van der Waals surface area contributed by atoms with Crippen molar-refractivity contribution in [3.05, 3.63) is 114 Å². The fraction of sp³-hybridized carbons (Fsp3) is 0.207. The van der Waals surface area contributed by atoms with Crippen molar-refractivity contribution in [3.63, 3.8) is 0 Å². The molecule has 0 atom stereocenters. The summed E-state index contributed by atoms with van der Waals surface area (Å²) in [7, 11) is 0. The average Bonchev–Trinajstić information content (AvgIpc) is 2.83. The Bertz CT molecular complexity index is 1020. The smallest absolute Gasteiger partial charge is 0.185 e. The lowest BCUT2D eigenvalue weighted by atomic mass is 10.1. The molecule has 0 spiro atoms. The molecule has 0 heterocycles. The minimum absolute atomic E-state index is 0.00276. The van der Waals surface area contributed by atoms with Crippen LogP contribution in [-0.2, 0) is 11.3 Å². The Balaban J connectivity index is 1.30. The maximum Gasteiger partial charge on any atom is 0.185 e. The molecule has 3 nitrogen and oxygen atoms in total. The molecule has 3 heteroatoms. The van der Waals surface area contributed by atoms with E-state index in [2.05, 4.69) is 30.8 Å². The minimum atomic E-state index is -0.00276. The van der Waals surface area contributed by atoms with Crippen molar-refractivity contribution >= 4 is 17.4 Å². The van der Waals surface area contributed by atoms with Gasteiger partial charge in [-0.2, -0.15) is 0 Å². The first-order chi connectivity index (χ1) is 15.6. The van der Waals surface area contributed by atoms with Gasteiger partial charge in [-0.1, -0.05) is 85.0 Å². The zero-order valence-electron chi connectivity index (χ0n) is 18.6. The number of ether oxygens (including phenoxy) is 2. The zero-order chi connectivity index (χ0) is 22.6. The molecule has 3 aromatic rings. The summed E-state index contributed by atoms with van der Waals surface area (Å²) in [4.78, 5) is 12.1. The third kappa shape index (κ3) is 7.68. The molecule has 164 valence electrons. The third-order valence-corrected chi connectivity index (χ3v) is 5.03. The molecule has 0 radical (unpaired) electrons. The molecule has 0 aliphatic heterocycles. The molecule has 0 N–H and O–H groups in total. The quantitative estimate of drug-likeness (QED) is 0.178. The van der Waals surface area contributed by atoms with Gasteiger partial charge >= 0.3 is 0 Å². The maximum atomic E-state index is 12.1. The highest BCUT2D eigenvalue weighted by atomic mass is 16.5. The topological polar surface area (TPSA) is 35.5 Å². The number of hydrogen-bond donors (Lipinski definition) is 0. The lowest BCUT2D eigenvalue weighted by Gasteiger charge is -2.08. The van der Waals surface area contributed by atoms with Crippen LogP contribution >= 0.6 is 0 Å². The van der Waals surface area contributed by atoms with Gasteiger partial charge in [0.15, 0.2) is 5.78 Å². The number of allylic oxidation sites excluding steroid dienone is 2. The summed E-state index contributed by atoms with van der Waals surface area (Å²) in [5.41, 5.74) is 5.06. The van der Waals surface area contributed by atoms with Crippen LogP contribution in [0.3, 0.4) is 0 Å². The molecule has 0 aromatic heterocycles. The van der Waals surface area contributed by atoms with E-state index in [9.17, 15) is 4.79 Å². The molecule has 0 amide bonds. The van der Waals surface area contributed by atoms with E-state index < -0.39 is 0 Å². The molecule has 32 heavy (non-hydrogen) atoms. The predicted molar refractivity (Wildman–Crippen MR) is 132 cm³/mol. The summed E-state index contributed by atoms with van der Waals surface area (Å²) in [6.45, 7) is 7.95. The number of carbonyl (C=O) groups excluding carboxylic acids is 1. The van der Waals surface area contributed by atoms with E-state index in [4.69, 9.17) is 9.47 Å². The van der Waals surface area contributed by atoms with Gasteiger partial charge in [0, 0.05) is 12.2 Å². The van der Waals surface area contributed by atoms with E-state index in [1.807, 2.05) is 67.6 Å². The van der Waals surface area contributed by atoms with E-state index in [-0.39, 0.29) is 5.78 Å². The van der Waals surface area contributed by atoms with E-state index in [0.29, 0.717) is 25.4 Å². The molecule has 0 aliphatic carbocycles. The Morgan fingerprint density at radius 3 is 2.22 bits per heavy atom. The van der Waals surface area contributed by atoms with Crippen molar-refractivity contribution in [2.75, 3.05) is 13.2 Å². The van der Waals surface area contributed by atoms with Crippen LogP contribution in [0.4, 0.5) is 0 Å². The molecular weight excluding hydrogens is 396 g/mol. The van der Waals surface area contributed by atoms with E-state index >= 15 is 0 Å². The first-order valence-corrected chi connectivity index (χ1v) is 10.9. The first kappa shape index (κ1) is 23.2. The molecule has 3 rings (SSSR count). The molecule has 0 unspecified atom stereocenters. The Morgan fingerprint density at radius 1 is 0.844 bits per heavy atom. The van der Waals surface area contributed by atoms with Crippen LogP contribution in [0.1, 0.15) is 46.8 Å². The van der Waals surface area contributed by atoms with Gasteiger partial charge in [-0.25, -0.2) is 0 Å². The SMILES string of the molecule is C=C(C)c1ccc(COCCCCOc2ccc(C=CC(=O)c3ccccc3)cc2)cc1. The highest BCUT2D eigenvalue weighted by molar-refractivity contribution is 6.06. The highest BCUT2D eigenvalue weighted by Gasteiger charge is 2.00. The van der Waals surface area contributed by atoms with E-state index in [0.717, 1.165) is 35.3 Å². The van der Waals surface area contributed by atoms with Gasteiger partial charge in [-0.15, -0.1) is 0 Å². The Labute approximate surface area is 191 Å². The van der Waals surface area contributed by atoms with Crippen LogP contribution in [0.15, 0.2) is 91.5 Å². The molecule has 0 aliphatic rings. The van der Waals surface area contributed by atoms with Gasteiger partial charge in [-0.3, -0.25) is 4.79 Å². The maximum absolute atomic E-state index is 12.1. The largest absolute Gasteiger partial charge is 0.494 e. The summed E-state index contributed by atoms with van der Waals surface area (Å²) < 4.78 is 11.6. The van der Waals surface area contributed by atoms with Crippen LogP contribution in [0.2, 0.25) is 0 Å². The fourth-order valence-corrected chi connectivity index (χ4v) is 3.12. The number of carbonyl (C=O) groups is 1. The normalized spacial score (nSPS) is 10.9. The van der Waals surface area contributed by atoms with Crippen molar-refractivity contribution < 1.29 is 14.3 Å². The van der Waals surface area contributed by atoms with Crippen LogP contribution in [0.25, 0.3) is 11.6 Å². The van der Waals surface area contributed by atoms with Crippen LogP contribution in [0, 0.1) is 0 Å². The van der Waals surface area contributed by atoms with Gasteiger partial charge in [0.25, 0.3) is 0 Å². The number of rotatable bonds is 12. The number of unbranched alkanes of at least 4 members (excludes halogenated alkanes) is 1. The predicted octanol–water partition coefficient (Wildman–Crippen LogP) is 6.99. The monoisotopic (exact) mass is 426 g/mol. The second kappa shape index (κ2) is 12.4. The van der Waals surface area contributed by atoms with Gasteiger partial charge < -0.3 is 9.47 Å². The minimum Gasteiger partial charge on any atom is -0.494 e. The molecule has 0 saturated carbocycles. The summed E-state index contributed by atoms with van der Waals surface area (Å²) in [5.74, 6) is 0.826. The Morgan fingerprint density at radius 2 is 1.53 bits per heavy atom. The van der Waals surface area contributed by atoms with Gasteiger partial charge in [0.05, 0.1) is 13.2 Å². The third-order valence-electron chi connectivity index (χ3n) is 5.03. The highest BCUT2D eigenvalue weighted by Crippen LogP contribution is 2.15. The standard InChI is InChI=1S/C29H30O3/c1-23(2)26-15-10-25(11-16-26)22-31-20-6-7-21-32-28-17-12-24(13-18-28)14-19-29(30)27-8-4-3-5-9-27/h3-5,8-19H,1,6-7,20-22H2,2H3. The second-order valence-corrected chi connectivity index (χ2v) is 7.72. The summed E-state index contributed by atoms with van der Waals surface area (Å²) >= 11 is 0. The number of ketones is 1. The van der Waals surface area contributed by atoms with Crippen molar-refractivity contribution in [3.8, 4) is 5.75 Å². The Kier molecular flexibility index (Phi) is 9.03. The van der Waals surface area contributed by atoms with E-state index in [1.54, 1.807) is 6.08 Å². The van der Waals surface area contributed by atoms with Crippen LogP contribution < -0.4 is 4.74 Å². The molecule has 0 bridgehead atoms. The average molecular weight is 427 g/mol. The lowest BCUT2D eigenvalue weighted by molar-refractivity contribution is 0.104. The second-order valence-electron chi connectivity index (χ2n) is 7.72. The first-order valence-electron chi connectivity index (χ1n) is 10.9. The Hall–Kier alpha value is -3.43. The van der Waals surface area contributed by atoms with Gasteiger partial charge in [-0.05, 0) is 54.7 Å². The summed E-state index contributed by atoms with van der Waals surface area (Å²) in [6.07, 6.45) is 5.30. The van der Waals surface area contributed by atoms with E-state index in [1.165, 1.54) is 5.56 Å². The molecule has 3 aromatic carbocycles.